The summed E-state index contributed by atoms with van der Waals surface area (Å²) in [6.45, 7) is 30.2. The van der Waals surface area contributed by atoms with Gasteiger partial charge in [0.25, 0.3) is 5.91 Å². The molecule has 6 atom stereocenters. The quantitative estimate of drug-likeness (QED) is 0.0257. The number of hydrogen-bond donors (Lipinski definition) is 1. The van der Waals surface area contributed by atoms with Crippen LogP contribution in [0.5, 0.6) is 5.75 Å². The molecule has 2 aromatic heterocycles. The van der Waals surface area contributed by atoms with Crippen molar-refractivity contribution in [1.82, 2.24) is 24.2 Å². The molecule has 3 heterocycles. The van der Waals surface area contributed by atoms with Gasteiger partial charge in [0, 0.05) is 70.4 Å². The highest BCUT2D eigenvalue weighted by Gasteiger charge is 2.54. The van der Waals surface area contributed by atoms with Crippen LogP contribution >= 0.6 is 8.30 Å². The number of carbonyl (C=O) groups excluding carboxylic acids is 1. The molecule has 1 saturated heterocycles. The van der Waals surface area contributed by atoms with Crippen molar-refractivity contribution < 1.29 is 28.0 Å². The van der Waals surface area contributed by atoms with E-state index >= 15 is 0 Å². The van der Waals surface area contributed by atoms with Gasteiger partial charge in [-0.1, -0.05) is 111 Å². The number of nitrogens with zero attached hydrogens (tertiary/aromatic N) is 6. The maximum Gasteiger partial charge on any atom is 0.256 e. The molecular formula is C54H68N7O6PS4Si. The van der Waals surface area contributed by atoms with Crippen molar-refractivity contribution in [3.05, 3.63) is 161 Å². The summed E-state index contributed by atoms with van der Waals surface area (Å²) in [5.41, 5.74) is 4.18. The molecule has 0 bridgehead atoms. The van der Waals surface area contributed by atoms with Crippen molar-refractivity contribution in [3.63, 3.8) is 0 Å². The Balaban J connectivity index is 0.00000209. The number of carbonyl (C=O) groups is 1. The van der Waals surface area contributed by atoms with E-state index in [2.05, 4.69) is 159 Å². The summed E-state index contributed by atoms with van der Waals surface area (Å²) >= 11 is 8.66. The molecule has 3 unspecified atom stereocenters. The van der Waals surface area contributed by atoms with Crippen LogP contribution in [0.25, 0.3) is 16.0 Å². The van der Waals surface area contributed by atoms with Gasteiger partial charge in [-0.2, -0.15) is 0 Å². The second kappa shape index (κ2) is 26.3. The molecule has 0 aliphatic carbocycles. The van der Waals surface area contributed by atoms with Crippen molar-refractivity contribution in [1.29, 1.82) is 0 Å². The van der Waals surface area contributed by atoms with E-state index < -0.39 is 46.8 Å². The Hall–Kier alpha value is -4.48. The standard InChI is InChI=1S/C54H68N7O6PSi.S4/c1-37(2)61(38(3)4)68(33-19-32-55-9)66-47-45(34-64-54(41-22-17-14-18-23-41,42-26-24-39(5)25-27-42)43-28-30-44(63-10)31-29-43)65-52(48(47)67-69(11,12)53(6,7)8)60-36-58-46-49(56-35-57-50(46)60)59-51(62)40-20-15-13-16-21-40;1-3-4-2/h13-18,20-31,35-38,45,47-48,52H,19,32-34H2,1-8,10-12H3,(H,56,57,59,62);/t45-,47?,48+,52-,54?,68?;/m1./s1. The van der Waals surface area contributed by atoms with Gasteiger partial charge in [0.05, 0.1) is 20.0 Å². The number of benzene rings is 4. The lowest BCUT2D eigenvalue weighted by atomic mass is 9.79. The third-order valence-electron chi connectivity index (χ3n) is 13.2. The van der Waals surface area contributed by atoms with E-state index in [9.17, 15) is 4.79 Å². The van der Waals surface area contributed by atoms with Crippen LogP contribution in [0, 0.1) is 13.5 Å². The first-order chi connectivity index (χ1) is 34.9. The minimum atomic E-state index is -2.60. The fourth-order valence-electron chi connectivity index (χ4n) is 8.74. The molecule has 1 N–H and O–H groups in total. The molecule has 13 nitrogen and oxygen atoms in total. The zero-order valence-corrected chi connectivity index (χ0v) is 48.7. The first kappa shape index (κ1) is 57.8. The first-order valence-corrected chi connectivity index (χ1v) is 32.6. The van der Waals surface area contributed by atoms with Crippen LogP contribution in [-0.4, -0.2) is 95.2 Å². The molecule has 1 amide bonds. The van der Waals surface area contributed by atoms with Gasteiger partial charge in [-0.3, -0.25) is 14.0 Å². The summed E-state index contributed by atoms with van der Waals surface area (Å²) in [4.78, 5) is 31.3. The third kappa shape index (κ3) is 13.9. The number of imidazole rings is 1. The van der Waals surface area contributed by atoms with Gasteiger partial charge in [0.15, 0.2) is 31.5 Å². The second-order valence-corrected chi connectivity index (χ2v) is 29.9. The highest BCUT2D eigenvalue weighted by molar-refractivity contribution is 8.51. The molecule has 4 aromatic carbocycles. The van der Waals surface area contributed by atoms with Gasteiger partial charge >= 0.3 is 0 Å². The Morgan fingerprint density at radius 1 is 0.877 bits per heavy atom. The van der Waals surface area contributed by atoms with Crippen molar-refractivity contribution >= 4 is 79.6 Å². The molecule has 0 radical (unpaired) electrons. The van der Waals surface area contributed by atoms with Gasteiger partial charge in [0.1, 0.15) is 44.3 Å². The number of ether oxygens (including phenoxy) is 3. The molecule has 1 fully saturated rings. The SMILES string of the molecule is S=S=S=S.[C-]#[N+]CCCP(OC1[C@@H](COC(c2ccccc2)(c2ccc(C)cc2)c2ccc(OC)cc2)O[C@@H](n2cnc3c(NC(=O)c4ccccc4)ncnc32)[C@H]1O[Si](C)(C)C(C)(C)C)N(C(C)C)C(C)C. The fraction of sp³-hybridized carbons (Fsp3) is 0.426. The van der Waals surface area contributed by atoms with Crippen LogP contribution in [0.4, 0.5) is 5.82 Å². The number of aryl methyl sites for hydroxylation is 1. The average Bonchev–Trinajstić information content (AvgIpc) is 3.95. The van der Waals surface area contributed by atoms with Crippen LogP contribution < -0.4 is 10.1 Å². The Morgan fingerprint density at radius 2 is 1.47 bits per heavy atom. The van der Waals surface area contributed by atoms with Crippen LogP contribution in [0.1, 0.15) is 93.7 Å². The molecule has 1 aliphatic rings. The van der Waals surface area contributed by atoms with E-state index in [0.29, 0.717) is 35.9 Å². The Bertz CT molecular complexity index is 2840. The van der Waals surface area contributed by atoms with E-state index in [1.807, 2.05) is 53.1 Å². The zero-order valence-electron chi connectivity index (χ0n) is 43.6. The smallest absolute Gasteiger partial charge is 0.256 e. The normalized spacial score (nSPS) is 18.2. The number of rotatable bonds is 20. The number of hydrogen-bond acceptors (Lipinski definition) is 12. The molecule has 1 aliphatic heterocycles. The zero-order chi connectivity index (χ0) is 52.9. The average molecular weight is 1100 g/mol. The summed E-state index contributed by atoms with van der Waals surface area (Å²) < 4.78 is 40.3. The molecule has 19 heteroatoms. The molecule has 388 valence electrons. The summed E-state index contributed by atoms with van der Waals surface area (Å²) in [5.74, 6) is 0.695. The second-order valence-electron chi connectivity index (χ2n) is 19.8. The van der Waals surface area contributed by atoms with E-state index in [-0.39, 0.29) is 35.5 Å². The van der Waals surface area contributed by atoms with Crippen molar-refractivity contribution in [2.45, 2.75) is 122 Å². The number of fused-ring (bicyclic) bond motifs is 1. The van der Waals surface area contributed by atoms with Gasteiger partial charge in [-0.05, 0) is 93.7 Å². The van der Waals surface area contributed by atoms with Crippen LogP contribution in [0.3, 0.4) is 0 Å². The molecule has 0 spiro atoms. The molecule has 0 saturated carbocycles. The van der Waals surface area contributed by atoms with Gasteiger partial charge in [-0.15, -0.1) is 0 Å². The summed E-state index contributed by atoms with van der Waals surface area (Å²) in [7, 11) is 0.109. The minimum absolute atomic E-state index is 0.0852. The van der Waals surface area contributed by atoms with Crippen molar-refractivity contribution in [2.75, 3.05) is 31.7 Å². The topological polar surface area (TPSA) is 126 Å². The van der Waals surface area contributed by atoms with E-state index in [1.165, 1.54) is 24.1 Å². The number of methoxy groups -OCH3 is 1. The summed E-state index contributed by atoms with van der Waals surface area (Å²) in [6, 6.07) is 36.1. The lowest BCUT2D eigenvalue weighted by Gasteiger charge is -2.43. The maximum absolute atomic E-state index is 13.5. The van der Waals surface area contributed by atoms with Crippen LogP contribution in [0.15, 0.2) is 122 Å². The molecule has 7 rings (SSSR count). The molecule has 73 heavy (non-hydrogen) atoms. The fourth-order valence-corrected chi connectivity index (χ4v) is 12.4. The monoisotopic (exact) mass is 1100 g/mol. The van der Waals surface area contributed by atoms with Crippen molar-refractivity contribution in [3.8, 4) is 5.75 Å². The number of nitrogens with one attached hydrogen (secondary N) is 1. The maximum atomic E-state index is 13.5. The van der Waals surface area contributed by atoms with Gasteiger partial charge in [0.2, 0.25) is 6.54 Å². The van der Waals surface area contributed by atoms with Crippen LogP contribution in [0.2, 0.25) is 18.1 Å². The predicted octanol–water partition coefficient (Wildman–Crippen LogP) is 11.8. The van der Waals surface area contributed by atoms with Crippen LogP contribution in [-0.2, 0) is 64.2 Å². The Labute approximate surface area is 449 Å². The van der Waals surface area contributed by atoms with E-state index in [1.54, 1.807) is 25.6 Å². The Morgan fingerprint density at radius 3 is 2.03 bits per heavy atom. The van der Waals surface area contributed by atoms with Crippen molar-refractivity contribution in [2.24, 2.45) is 0 Å². The number of anilines is 1. The minimum Gasteiger partial charge on any atom is -0.497 e. The first-order valence-electron chi connectivity index (χ1n) is 24.3. The number of amides is 1. The van der Waals surface area contributed by atoms with E-state index in [4.69, 9.17) is 39.7 Å². The predicted molar refractivity (Wildman–Crippen MR) is 306 cm³/mol. The lowest BCUT2D eigenvalue weighted by Crippen LogP contribution is -2.50. The van der Waals surface area contributed by atoms with Gasteiger partial charge < -0.3 is 33.3 Å². The number of aromatic nitrogens is 4. The molecular weight excluding hydrogens is 1030 g/mol. The third-order valence-corrected chi connectivity index (χ3v) is 22.5. The van der Waals surface area contributed by atoms with E-state index in [0.717, 1.165) is 28.0 Å². The highest BCUT2D eigenvalue weighted by Crippen LogP contribution is 2.52. The molecule has 6 aromatic rings. The highest BCUT2D eigenvalue weighted by atomic mass is 33.2. The summed E-state index contributed by atoms with van der Waals surface area (Å²) in [5, 5.41) is 2.78. The van der Waals surface area contributed by atoms with Gasteiger partial charge in [-0.25, -0.2) is 21.5 Å². The summed E-state index contributed by atoms with van der Waals surface area (Å²) in [6.07, 6.45) is 1.65. The Kier molecular flexibility index (Phi) is 20.8. The largest absolute Gasteiger partial charge is 0.497 e. The lowest BCUT2D eigenvalue weighted by molar-refractivity contribution is -0.0918.